The van der Waals surface area contributed by atoms with Crippen molar-refractivity contribution in [3.8, 4) is 0 Å². The Morgan fingerprint density at radius 3 is 3.00 bits per heavy atom. The molecule has 1 amide bonds. The van der Waals surface area contributed by atoms with E-state index >= 15 is 0 Å². The normalized spacial score (nSPS) is 15.4. The lowest BCUT2D eigenvalue weighted by Crippen LogP contribution is -2.18. The van der Waals surface area contributed by atoms with Crippen LogP contribution in [-0.2, 0) is 4.74 Å². The molecule has 0 atom stereocenters. The van der Waals surface area contributed by atoms with E-state index in [0.717, 1.165) is 18.6 Å². The highest BCUT2D eigenvalue weighted by Gasteiger charge is 2.28. The second-order valence-electron chi connectivity index (χ2n) is 3.97. The molecule has 2 rings (SSSR count). The summed E-state index contributed by atoms with van der Waals surface area (Å²) in [5, 5.41) is 6.25. The summed E-state index contributed by atoms with van der Waals surface area (Å²) in [6.45, 7) is 3.58. The molecule has 1 aliphatic carbocycles. The van der Waals surface area contributed by atoms with Gasteiger partial charge in [0.1, 0.15) is 5.76 Å². The maximum Gasteiger partial charge on any atom is 0.413 e. The molecule has 0 radical (unpaired) electrons. The topological polar surface area (TPSA) is 64.4 Å². The van der Waals surface area contributed by atoms with Crippen molar-refractivity contribution in [3.63, 3.8) is 0 Å². The highest BCUT2D eigenvalue weighted by molar-refractivity contribution is 5.83. The van der Waals surface area contributed by atoms with Gasteiger partial charge in [0.15, 0.2) is 5.82 Å². The molecule has 0 unspecified atom stereocenters. The first-order valence-corrected chi connectivity index (χ1v) is 5.09. The second-order valence-corrected chi connectivity index (χ2v) is 3.97. The number of anilines is 1. The van der Waals surface area contributed by atoms with Crippen LogP contribution in [0.1, 0.15) is 38.4 Å². The lowest BCUT2D eigenvalue weighted by molar-refractivity contribution is 0.129. The summed E-state index contributed by atoms with van der Waals surface area (Å²) in [6, 6.07) is 1.75. The molecule has 0 spiro atoms. The minimum Gasteiger partial charge on any atom is -0.447 e. The minimum atomic E-state index is -0.499. The van der Waals surface area contributed by atoms with Crippen LogP contribution in [0.15, 0.2) is 10.6 Å². The van der Waals surface area contributed by atoms with Gasteiger partial charge in [0.2, 0.25) is 0 Å². The maximum atomic E-state index is 11.2. The fourth-order valence-corrected chi connectivity index (χ4v) is 1.26. The summed E-state index contributed by atoms with van der Waals surface area (Å²) in [5.74, 6) is 1.76. The third-order valence-electron chi connectivity index (χ3n) is 2.08. The molecule has 1 saturated carbocycles. The van der Waals surface area contributed by atoms with Crippen LogP contribution in [0, 0.1) is 0 Å². The van der Waals surface area contributed by atoms with Crippen LogP contribution in [0.25, 0.3) is 0 Å². The number of aromatic nitrogens is 1. The Hall–Kier alpha value is -1.52. The van der Waals surface area contributed by atoms with Crippen molar-refractivity contribution in [3.05, 3.63) is 11.8 Å². The molecule has 0 bridgehead atoms. The number of nitrogens with zero attached hydrogens (tertiary/aromatic N) is 1. The summed E-state index contributed by atoms with van der Waals surface area (Å²) in [5.41, 5.74) is 0. The van der Waals surface area contributed by atoms with Gasteiger partial charge in [0.25, 0.3) is 0 Å². The van der Waals surface area contributed by atoms with Crippen molar-refractivity contribution in [2.45, 2.75) is 38.7 Å². The highest BCUT2D eigenvalue weighted by Crippen LogP contribution is 2.40. The number of hydrogen-bond acceptors (Lipinski definition) is 4. The van der Waals surface area contributed by atoms with E-state index in [4.69, 9.17) is 9.26 Å². The summed E-state index contributed by atoms with van der Waals surface area (Å²) in [7, 11) is 0. The van der Waals surface area contributed by atoms with E-state index in [-0.39, 0.29) is 6.10 Å². The van der Waals surface area contributed by atoms with Crippen LogP contribution < -0.4 is 5.32 Å². The zero-order valence-corrected chi connectivity index (χ0v) is 8.82. The van der Waals surface area contributed by atoms with Gasteiger partial charge in [-0.15, -0.1) is 0 Å². The van der Waals surface area contributed by atoms with Gasteiger partial charge in [-0.25, -0.2) is 4.79 Å². The first-order chi connectivity index (χ1) is 7.15. The average Bonchev–Trinajstić information content (AvgIpc) is 2.87. The predicted molar refractivity (Wildman–Crippen MR) is 53.7 cm³/mol. The van der Waals surface area contributed by atoms with E-state index in [1.54, 1.807) is 19.9 Å². The molecule has 1 heterocycles. The van der Waals surface area contributed by atoms with Crippen molar-refractivity contribution in [1.82, 2.24) is 5.16 Å². The summed E-state index contributed by atoms with van der Waals surface area (Å²) in [4.78, 5) is 11.2. The molecule has 1 N–H and O–H groups in total. The fraction of sp³-hybridized carbons (Fsp3) is 0.600. The van der Waals surface area contributed by atoms with E-state index in [2.05, 4.69) is 10.5 Å². The Labute approximate surface area is 87.8 Å². The number of rotatable bonds is 3. The quantitative estimate of drug-likeness (QED) is 0.832. The zero-order valence-electron chi connectivity index (χ0n) is 8.82. The second kappa shape index (κ2) is 3.92. The Morgan fingerprint density at radius 1 is 1.67 bits per heavy atom. The van der Waals surface area contributed by atoms with E-state index in [1.807, 2.05) is 0 Å². The first-order valence-electron chi connectivity index (χ1n) is 5.09. The molecule has 1 aliphatic rings. The molecule has 5 heteroatoms. The Bertz CT molecular complexity index is 355. The first kappa shape index (κ1) is 10.0. The molecular formula is C10H14N2O3. The van der Waals surface area contributed by atoms with Crippen molar-refractivity contribution in [1.29, 1.82) is 0 Å². The van der Waals surface area contributed by atoms with Crippen molar-refractivity contribution >= 4 is 11.9 Å². The van der Waals surface area contributed by atoms with E-state index in [1.165, 1.54) is 0 Å². The molecule has 1 fully saturated rings. The number of ether oxygens (including phenoxy) is 1. The molecule has 5 nitrogen and oxygen atoms in total. The lowest BCUT2D eigenvalue weighted by Gasteiger charge is -2.06. The van der Waals surface area contributed by atoms with E-state index < -0.39 is 6.09 Å². The zero-order chi connectivity index (χ0) is 10.8. The van der Waals surface area contributed by atoms with Gasteiger partial charge in [-0.2, -0.15) is 0 Å². The molecule has 1 aromatic rings. The van der Waals surface area contributed by atoms with Crippen LogP contribution in [-0.4, -0.2) is 17.4 Å². The number of hydrogen-bond donors (Lipinski definition) is 1. The average molecular weight is 210 g/mol. The largest absolute Gasteiger partial charge is 0.447 e. The molecular weight excluding hydrogens is 196 g/mol. The molecule has 82 valence electrons. The molecule has 0 aliphatic heterocycles. The molecule has 0 saturated heterocycles. The third kappa shape index (κ3) is 2.71. The van der Waals surface area contributed by atoms with Gasteiger partial charge in [-0.1, -0.05) is 5.16 Å². The van der Waals surface area contributed by atoms with Crippen LogP contribution >= 0.6 is 0 Å². The van der Waals surface area contributed by atoms with Gasteiger partial charge in [-0.05, 0) is 26.7 Å². The van der Waals surface area contributed by atoms with E-state index in [9.17, 15) is 4.79 Å². The summed E-state index contributed by atoms with van der Waals surface area (Å²) >= 11 is 0. The Morgan fingerprint density at radius 2 is 2.40 bits per heavy atom. The van der Waals surface area contributed by atoms with Crippen molar-refractivity contribution < 1.29 is 14.1 Å². The third-order valence-corrected chi connectivity index (χ3v) is 2.08. The van der Waals surface area contributed by atoms with Crippen LogP contribution in [0.2, 0.25) is 0 Å². The number of nitrogens with one attached hydrogen (secondary N) is 1. The van der Waals surface area contributed by atoms with Crippen molar-refractivity contribution in [2.24, 2.45) is 0 Å². The minimum absolute atomic E-state index is 0.139. The predicted octanol–water partition coefficient (Wildman–Crippen LogP) is 2.51. The lowest BCUT2D eigenvalue weighted by atomic mass is 10.3. The monoisotopic (exact) mass is 210 g/mol. The smallest absolute Gasteiger partial charge is 0.413 e. The molecule has 15 heavy (non-hydrogen) atoms. The van der Waals surface area contributed by atoms with Crippen molar-refractivity contribution in [2.75, 3.05) is 5.32 Å². The Kier molecular flexibility index (Phi) is 2.62. The highest BCUT2D eigenvalue weighted by atomic mass is 16.6. The number of amides is 1. The summed E-state index contributed by atoms with van der Waals surface area (Å²) < 4.78 is 9.98. The summed E-state index contributed by atoms with van der Waals surface area (Å²) in [6.07, 6.45) is 1.65. The Balaban J connectivity index is 1.89. The van der Waals surface area contributed by atoms with Crippen LogP contribution in [0.5, 0.6) is 0 Å². The van der Waals surface area contributed by atoms with Gasteiger partial charge >= 0.3 is 6.09 Å². The fourth-order valence-electron chi connectivity index (χ4n) is 1.26. The van der Waals surface area contributed by atoms with Crippen LogP contribution in [0.4, 0.5) is 10.6 Å². The van der Waals surface area contributed by atoms with Crippen LogP contribution in [0.3, 0.4) is 0 Å². The van der Waals surface area contributed by atoms with Gasteiger partial charge < -0.3 is 9.26 Å². The van der Waals surface area contributed by atoms with Gasteiger partial charge in [0.05, 0.1) is 6.10 Å². The molecule has 1 aromatic heterocycles. The number of carbonyl (C=O) groups excluding carboxylic acids is 1. The SMILES string of the molecule is CC(C)OC(=O)Nc1cc(C2CC2)on1. The number of carbonyl (C=O) groups is 1. The maximum absolute atomic E-state index is 11.2. The molecule has 0 aromatic carbocycles. The van der Waals surface area contributed by atoms with Gasteiger partial charge in [0, 0.05) is 12.0 Å². The standard InChI is InChI=1S/C10H14N2O3/c1-6(2)14-10(13)11-9-5-8(15-12-9)7-3-4-7/h5-7H,3-4H2,1-2H3,(H,11,12,13). The van der Waals surface area contributed by atoms with E-state index in [0.29, 0.717) is 11.7 Å². The van der Waals surface area contributed by atoms with Gasteiger partial charge in [-0.3, -0.25) is 5.32 Å².